The average Bonchev–Trinajstić information content (AvgIpc) is 2.26. The summed E-state index contributed by atoms with van der Waals surface area (Å²) >= 11 is 0. The zero-order chi connectivity index (χ0) is 11.4. The molecule has 0 aliphatic carbocycles. The maximum Gasteiger partial charge on any atom is 0.166 e. The Kier molecular flexibility index (Phi) is 3.72. The van der Waals surface area contributed by atoms with Crippen LogP contribution < -0.4 is 0 Å². The van der Waals surface area contributed by atoms with Crippen LogP contribution in [0.3, 0.4) is 0 Å². The van der Waals surface area contributed by atoms with Crippen molar-refractivity contribution in [1.82, 2.24) is 0 Å². The second kappa shape index (κ2) is 4.82. The van der Waals surface area contributed by atoms with Crippen LogP contribution in [0.2, 0.25) is 0 Å². The quantitative estimate of drug-likeness (QED) is 0.563. The van der Waals surface area contributed by atoms with Crippen LogP contribution in [0.4, 0.5) is 4.39 Å². The highest BCUT2D eigenvalue weighted by Crippen LogP contribution is 2.17. The molecule has 0 aliphatic rings. The lowest BCUT2D eigenvalue weighted by Gasteiger charge is -2.09. The minimum Gasteiger partial charge on any atom is -0.298 e. The molecule has 0 radical (unpaired) electrons. The van der Waals surface area contributed by atoms with Gasteiger partial charge in [-0.3, -0.25) is 9.59 Å². The van der Waals surface area contributed by atoms with Gasteiger partial charge in [0.1, 0.15) is 5.82 Å². The Hall–Kier alpha value is -1.51. The predicted octanol–water partition coefficient (Wildman–Crippen LogP) is 2.87. The van der Waals surface area contributed by atoms with Crippen molar-refractivity contribution in [2.24, 2.45) is 5.92 Å². The summed E-state index contributed by atoms with van der Waals surface area (Å²) in [5, 5.41) is 0. The summed E-state index contributed by atoms with van der Waals surface area (Å²) in [5.41, 5.74) is 0.0437. The molecule has 0 N–H and O–H groups in total. The molecule has 0 heterocycles. The normalized spacial score (nSPS) is 12.2. The van der Waals surface area contributed by atoms with Gasteiger partial charge in [-0.25, -0.2) is 4.39 Å². The maximum atomic E-state index is 13.2. The molecule has 2 nitrogen and oxygen atoms in total. The van der Waals surface area contributed by atoms with Gasteiger partial charge in [0, 0.05) is 11.5 Å². The van der Waals surface area contributed by atoms with E-state index in [4.69, 9.17) is 0 Å². The summed E-state index contributed by atoms with van der Waals surface area (Å²) < 4.78 is 13.2. The first-order valence-corrected chi connectivity index (χ1v) is 4.89. The van der Waals surface area contributed by atoms with Crippen LogP contribution in [-0.4, -0.2) is 12.1 Å². The van der Waals surface area contributed by atoms with Gasteiger partial charge in [-0.05, 0) is 12.5 Å². The smallest absolute Gasteiger partial charge is 0.166 e. The third kappa shape index (κ3) is 2.29. The SMILES string of the molecule is CCC(C)C(=O)c1cccc(F)c1C=O. The lowest BCUT2D eigenvalue weighted by molar-refractivity contribution is 0.0921. The summed E-state index contributed by atoms with van der Waals surface area (Å²) in [6.45, 7) is 3.64. The molecule has 0 aromatic heterocycles. The number of carbonyl (C=O) groups is 2. The Morgan fingerprint density at radius 2 is 2.20 bits per heavy atom. The molecule has 0 spiro atoms. The Morgan fingerprint density at radius 3 is 2.73 bits per heavy atom. The molecule has 0 saturated carbocycles. The van der Waals surface area contributed by atoms with Crippen molar-refractivity contribution in [3.05, 3.63) is 35.1 Å². The van der Waals surface area contributed by atoms with Gasteiger partial charge in [-0.15, -0.1) is 0 Å². The molecule has 1 unspecified atom stereocenters. The summed E-state index contributed by atoms with van der Waals surface area (Å²) in [6.07, 6.45) is 1.07. The van der Waals surface area contributed by atoms with E-state index in [2.05, 4.69) is 0 Å². The molecule has 3 heteroatoms. The number of ketones is 1. The molecule has 1 aromatic rings. The van der Waals surface area contributed by atoms with Gasteiger partial charge in [0.15, 0.2) is 12.1 Å². The number of benzene rings is 1. The fourth-order valence-electron chi connectivity index (χ4n) is 1.32. The number of aldehydes is 1. The van der Waals surface area contributed by atoms with E-state index in [1.807, 2.05) is 6.92 Å². The Balaban J connectivity index is 3.19. The van der Waals surface area contributed by atoms with Crippen LogP contribution in [0.5, 0.6) is 0 Å². The van der Waals surface area contributed by atoms with Crippen LogP contribution in [0.15, 0.2) is 18.2 Å². The molecule has 15 heavy (non-hydrogen) atoms. The highest BCUT2D eigenvalue weighted by atomic mass is 19.1. The molecule has 80 valence electrons. The van der Waals surface area contributed by atoms with Crippen LogP contribution in [0.25, 0.3) is 0 Å². The fraction of sp³-hybridized carbons (Fsp3) is 0.333. The summed E-state index contributed by atoms with van der Waals surface area (Å²) in [4.78, 5) is 22.5. The number of carbonyl (C=O) groups excluding carboxylic acids is 2. The number of Topliss-reactive ketones (excluding diaryl/α,β-unsaturated/α-hetero) is 1. The maximum absolute atomic E-state index is 13.2. The van der Waals surface area contributed by atoms with Crippen LogP contribution in [0.1, 0.15) is 41.0 Å². The van der Waals surface area contributed by atoms with Gasteiger partial charge in [0.05, 0.1) is 5.56 Å². The lowest BCUT2D eigenvalue weighted by atomic mass is 9.94. The number of rotatable bonds is 4. The number of halogens is 1. The van der Waals surface area contributed by atoms with E-state index in [9.17, 15) is 14.0 Å². The molecule has 1 aromatic carbocycles. The summed E-state index contributed by atoms with van der Waals surface area (Å²) in [6, 6.07) is 4.11. The average molecular weight is 208 g/mol. The molecule has 0 saturated heterocycles. The van der Waals surface area contributed by atoms with E-state index in [-0.39, 0.29) is 22.8 Å². The molecule has 1 atom stereocenters. The third-order valence-electron chi connectivity index (χ3n) is 2.50. The van der Waals surface area contributed by atoms with Gasteiger partial charge in [0.25, 0.3) is 0 Å². The predicted molar refractivity (Wildman–Crippen MR) is 55.6 cm³/mol. The van der Waals surface area contributed by atoms with Gasteiger partial charge in [0.2, 0.25) is 0 Å². The Bertz CT molecular complexity index is 385. The van der Waals surface area contributed by atoms with E-state index in [0.717, 1.165) is 0 Å². The number of hydrogen-bond donors (Lipinski definition) is 0. The zero-order valence-corrected chi connectivity index (χ0v) is 8.79. The molecule has 0 fully saturated rings. The van der Waals surface area contributed by atoms with E-state index in [0.29, 0.717) is 12.7 Å². The zero-order valence-electron chi connectivity index (χ0n) is 8.79. The van der Waals surface area contributed by atoms with Crippen LogP contribution >= 0.6 is 0 Å². The standard InChI is InChI=1S/C12H13FO2/c1-3-8(2)12(15)9-5-4-6-11(13)10(9)7-14/h4-8H,3H2,1-2H3. The van der Waals surface area contributed by atoms with Gasteiger partial charge >= 0.3 is 0 Å². The largest absolute Gasteiger partial charge is 0.298 e. The van der Waals surface area contributed by atoms with Crippen LogP contribution in [-0.2, 0) is 0 Å². The highest BCUT2D eigenvalue weighted by molar-refractivity contribution is 6.03. The minimum atomic E-state index is -0.640. The van der Waals surface area contributed by atoms with E-state index in [1.165, 1.54) is 18.2 Å². The van der Waals surface area contributed by atoms with Crippen molar-refractivity contribution in [2.75, 3.05) is 0 Å². The van der Waals surface area contributed by atoms with E-state index < -0.39 is 5.82 Å². The van der Waals surface area contributed by atoms with Crippen molar-refractivity contribution in [1.29, 1.82) is 0 Å². The van der Waals surface area contributed by atoms with Crippen molar-refractivity contribution in [3.63, 3.8) is 0 Å². The first kappa shape index (κ1) is 11.6. The summed E-state index contributed by atoms with van der Waals surface area (Å²) in [7, 11) is 0. The fourth-order valence-corrected chi connectivity index (χ4v) is 1.32. The molecule has 0 aliphatic heterocycles. The van der Waals surface area contributed by atoms with Gasteiger partial charge < -0.3 is 0 Å². The van der Waals surface area contributed by atoms with Crippen LogP contribution in [0, 0.1) is 11.7 Å². The van der Waals surface area contributed by atoms with Crippen molar-refractivity contribution in [3.8, 4) is 0 Å². The van der Waals surface area contributed by atoms with E-state index in [1.54, 1.807) is 6.92 Å². The van der Waals surface area contributed by atoms with Gasteiger partial charge in [-0.1, -0.05) is 26.0 Å². The monoisotopic (exact) mass is 208 g/mol. The van der Waals surface area contributed by atoms with Crippen molar-refractivity contribution in [2.45, 2.75) is 20.3 Å². The Morgan fingerprint density at radius 1 is 1.53 bits per heavy atom. The lowest BCUT2D eigenvalue weighted by Crippen LogP contribution is -2.13. The molecule has 1 rings (SSSR count). The molecular formula is C12H13FO2. The second-order valence-electron chi connectivity index (χ2n) is 3.49. The number of hydrogen-bond acceptors (Lipinski definition) is 2. The summed E-state index contributed by atoms with van der Waals surface area (Å²) in [5.74, 6) is -1.01. The van der Waals surface area contributed by atoms with Crippen molar-refractivity contribution >= 4 is 12.1 Å². The highest BCUT2D eigenvalue weighted by Gasteiger charge is 2.18. The minimum absolute atomic E-state index is 0.136. The molecular weight excluding hydrogens is 195 g/mol. The van der Waals surface area contributed by atoms with Gasteiger partial charge in [-0.2, -0.15) is 0 Å². The molecule has 0 amide bonds. The first-order chi connectivity index (χ1) is 7.11. The van der Waals surface area contributed by atoms with Crippen molar-refractivity contribution < 1.29 is 14.0 Å². The topological polar surface area (TPSA) is 34.1 Å². The second-order valence-corrected chi connectivity index (χ2v) is 3.49. The molecule has 0 bridgehead atoms. The first-order valence-electron chi connectivity index (χ1n) is 4.89. The Labute approximate surface area is 88.1 Å². The van der Waals surface area contributed by atoms with E-state index >= 15 is 0 Å². The third-order valence-corrected chi connectivity index (χ3v) is 2.50.